The highest BCUT2D eigenvalue weighted by Gasteiger charge is 2.23. The van der Waals surface area contributed by atoms with Crippen molar-refractivity contribution in [1.29, 1.82) is 0 Å². The van der Waals surface area contributed by atoms with Crippen LogP contribution in [-0.2, 0) is 4.79 Å². The fourth-order valence-electron chi connectivity index (χ4n) is 2.90. The Bertz CT molecular complexity index is 513. The topological polar surface area (TPSA) is 43.8 Å². The van der Waals surface area contributed by atoms with Crippen molar-refractivity contribution >= 4 is 11.5 Å². The second-order valence-electron chi connectivity index (χ2n) is 5.86. The van der Waals surface area contributed by atoms with Gasteiger partial charge in [-0.1, -0.05) is 43.3 Å². The van der Waals surface area contributed by atoms with Gasteiger partial charge in [-0.3, -0.25) is 9.69 Å². The molecule has 2 rings (SSSR count). The molecule has 0 radical (unpaired) electrons. The van der Waals surface area contributed by atoms with Crippen molar-refractivity contribution in [3.05, 3.63) is 42.0 Å². The molecule has 22 heavy (non-hydrogen) atoms. The number of nitrogens with zero attached hydrogens (tertiary/aromatic N) is 2. The molecule has 0 aliphatic carbocycles. The SMILES string of the molecule is CC/C=C(/CN1CCN(C(C)=O)CC(O)C1)c1ccccc1. The molecule has 1 aromatic rings. The van der Waals surface area contributed by atoms with Crippen LogP contribution in [0.2, 0.25) is 0 Å². The van der Waals surface area contributed by atoms with Crippen LogP contribution in [0, 0.1) is 0 Å². The van der Waals surface area contributed by atoms with E-state index in [-0.39, 0.29) is 5.91 Å². The Labute approximate surface area is 133 Å². The maximum absolute atomic E-state index is 11.5. The van der Waals surface area contributed by atoms with Crippen LogP contribution in [0.15, 0.2) is 36.4 Å². The smallest absolute Gasteiger partial charge is 0.219 e. The molecule has 0 aromatic heterocycles. The van der Waals surface area contributed by atoms with Gasteiger partial charge in [-0.15, -0.1) is 0 Å². The third-order valence-corrected chi connectivity index (χ3v) is 4.02. The highest BCUT2D eigenvalue weighted by Crippen LogP contribution is 2.17. The van der Waals surface area contributed by atoms with E-state index in [2.05, 4.69) is 30.0 Å². The van der Waals surface area contributed by atoms with Crippen LogP contribution < -0.4 is 0 Å². The fraction of sp³-hybridized carbons (Fsp3) is 0.500. The van der Waals surface area contributed by atoms with Crippen molar-refractivity contribution in [2.24, 2.45) is 0 Å². The van der Waals surface area contributed by atoms with Crippen molar-refractivity contribution in [2.75, 3.05) is 32.7 Å². The number of carbonyl (C=O) groups is 1. The number of allylic oxidation sites excluding steroid dienone is 1. The maximum atomic E-state index is 11.5. The van der Waals surface area contributed by atoms with Gasteiger partial charge < -0.3 is 10.0 Å². The van der Waals surface area contributed by atoms with E-state index in [1.807, 2.05) is 18.2 Å². The Morgan fingerprint density at radius 3 is 2.64 bits per heavy atom. The van der Waals surface area contributed by atoms with E-state index in [9.17, 15) is 9.90 Å². The van der Waals surface area contributed by atoms with Gasteiger partial charge in [0.25, 0.3) is 0 Å². The lowest BCUT2D eigenvalue weighted by atomic mass is 10.0. The van der Waals surface area contributed by atoms with Gasteiger partial charge in [-0.2, -0.15) is 0 Å². The molecule has 1 saturated heterocycles. The molecule has 0 bridgehead atoms. The van der Waals surface area contributed by atoms with E-state index in [1.165, 1.54) is 11.1 Å². The summed E-state index contributed by atoms with van der Waals surface area (Å²) in [4.78, 5) is 15.5. The number of rotatable bonds is 4. The van der Waals surface area contributed by atoms with E-state index >= 15 is 0 Å². The monoisotopic (exact) mass is 302 g/mol. The molecule has 4 heteroatoms. The van der Waals surface area contributed by atoms with Crippen molar-refractivity contribution in [3.63, 3.8) is 0 Å². The molecule has 0 spiro atoms. The Morgan fingerprint density at radius 1 is 1.27 bits per heavy atom. The number of β-amino-alcohol motifs (C(OH)–C–C–N with tert-alkyl or cyclic N) is 1. The zero-order chi connectivity index (χ0) is 15.9. The lowest BCUT2D eigenvalue weighted by Gasteiger charge is -2.23. The average Bonchev–Trinajstić information content (AvgIpc) is 2.69. The van der Waals surface area contributed by atoms with E-state index in [4.69, 9.17) is 0 Å². The van der Waals surface area contributed by atoms with Crippen LogP contribution in [0.5, 0.6) is 0 Å². The van der Waals surface area contributed by atoms with Crippen molar-refractivity contribution in [3.8, 4) is 0 Å². The number of benzene rings is 1. The molecule has 4 nitrogen and oxygen atoms in total. The van der Waals surface area contributed by atoms with Gasteiger partial charge in [-0.05, 0) is 17.6 Å². The zero-order valence-corrected chi connectivity index (χ0v) is 13.5. The minimum Gasteiger partial charge on any atom is -0.390 e. The van der Waals surface area contributed by atoms with Crippen LogP contribution in [0.1, 0.15) is 25.8 Å². The van der Waals surface area contributed by atoms with Gasteiger partial charge in [0.2, 0.25) is 5.91 Å². The highest BCUT2D eigenvalue weighted by atomic mass is 16.3. The second kappa shape index (κ2) is 8.11. The normalized spacial score (nSPS) is 20.8. The van der Waals surface area contributed by atoms with Crippen LogP contribution in [-0.4, -0.2) is 59.6 Å². The summed E-state index contributed by atoms with van der Waals surface area (Å²) in [5.74, 6) is 0.0354. The Morgan fingerprint density at radius 2 is 2.00 bits per heavy atom. The molecule has 1 fully saturated rings. The predicted octanol–water partition coefficient (Wildman–Crippen LogP) is 2.00. The summed E-state index contributed by atoms with van der Waals surface area (Å²) in [5, 5.41) is 10.1. The first-order valence-corrected chi connectivity index (χ1v) is 8.00. The molecule has 1 aliphatic heterocycles. The largest absolute Gasteiger partial charge is 0.390 e. The van der Waals surface area contributed by atoms with E-state index in [0.29, 0.717) is 19.6 Å². The molecule has 0 saturated carbocycles. The Balaban J connectivity index is 2.07. The second-order valence-corrected chi connectivity index (χ2v) is 5.86. The van der Waals surface area contributed by atoms with Gasteiger partial charge in [-0.25, -0.2) is 0 Å². The molecular weight excluding hydrogens is 276 g/mol. The molecule has 1 amide bonds. The number of carbonyl (C=O) groups excluding carboxylic acids is 1. The maximum Gasteiger partial charge on any atom is 0.219 e. The lowest BCUT2D eigenvalue weighted by molar-refractivity contribution is -0.129. The van der Waals surface area contributed by atoms with Gasteiger partial charge >= 0.3 is 0 Å². The summed E-state index contributed by atoms with van der Waals surface area (Å²) in [7, 11) is 0. The first kappa shape index (κ1) is 16.7. The van der Waals surface area contributed by atoms with Crippen LogP contribution in [0.4, 0.5) is 0 Å². The van der Waals surface area contributed by atoms with E-state index in [1.54, 1.807) is 11.8 Å². The number of hydrogen-bond acceptors (Lipinski definition) is 3. The minimum atomic E-state index is -0.481. The molecule has 1 aliphatic rings. The number of hydrogen-bond donors (Lipinski definition) is 1. The van der Waals surface area contributed by atoms with Crippen molar-refractivity contribution in [1.82, 2.24) is 9.80 Å². The van der Waals surface area contributed by atoms with Gasteiger partial charge in [0.05, 0.1) is 6.10 Å². The summed E-state index contributed by atoms with van der Waals surface area (Å²) in [6, 6.07) is 10.4. The summed E-state index contributed by atoms with van der Waals surface area (Å²) in [6.45, 7) is 7.03. The molecule has 1 atom stereocenters. The van der Waals surface area contributed by atoms with Crippen LogP contribution in [0.3, 0.4) is 0 Å². The Hall–Kier alpha value is -1.65. The highest BCUT2D eigenvalue weighted by molar-refractivity contribution is 5.73. The molecule has 1 heterocycles. The first-order valence-electron chi connectivity index (χ1n) is 8.00. The molecule has 1 aromatic carbocycles. The fourth-order valence-corrected chi connectivity index (χ4v) is 2.90. The molecule has 120 valence electrons. The number of aliphatic hydroxyl groups is 1. The van der Waals surface area contributed by atoms with Crippen LogP contribution in [0.25, 0.3) is 5.57 Å². The summed E-state index contributed by atoms with van der Waals surface area (Å²) in [5.41, 5.74) is 2.51. The zero-order valence-electron chi connectivity index (χ0n) is 13.5. The molecular formula is C18H26N2O2. The number of amides is 1. The molecule has 1 unspecified atom stereocenters. The van der Waals surface area contributed by atoms with Gasteiger partial charge in [0, 0.05) is 39.6 Å². The summed E-state index contributed by atoms with van der Waals surface area (Å²) in [6.07, 6.45) is 2.75. The minimum absolute atomic E-state index is 0.0354. The lowest BCUT2D eigenvalue weighted by Crippen LogP contribution is -2.36. The number of aliphatic hydroxyl groups excluding tert-OH is 1. The summed E-state index contributed by atoms with van der Waals surface area (Å²) < 4.78 is 0. The quantitative estimate of drug-likeness (QED) is 0.925. The predicted molar refractivity (Wildman–Crippen MR) is 89.4 cm³/mol. The van der Waals surface area contributed by atoms with Crippen molar-refractivity contribution < 1.29 is 9.90 Å². The third kappa shape index (κ3) is 4.68. The van der Waals surface area contributed by atoms with Gasteiger partial charge in [0.15, 0.2) is 0 Å². The van der Waals surface area contributed by atoms with Crippen LogP contribution >= 0.6 is 0 Å². The average molecular weight is 302 g/mol. The standard InChI is InChI=1S/C18H26N2O2/c1-3-7-17(16-8-5-4-6-9-16)12-19-10-11-20(15(2)21)14-18(22)13-19/h4-9,18,22H,3,10-14H2,1-2H3/b17-7-. The first-order chi connectivity index (χ1) is 10.6. The van der Waals surface area contributed by atoms with E-state index < -0.39 is 6.10 Å². The summed E-state index contributed by atoms with van der Waals surface area (Å²) >= 11 is 0. The van der Waals surface area contributed by atoms with Crippen molar-refractivity contribution in [2.45, 2.75) is 26.4 Å². The van der Waals surface area contributed by atoms with Gasteiger partial charge in [0.1, 0.15) is 0 Å². The Kier molecular flexibility index (Phi) is 6.16. The third-order valence-electron chi connectivity index (χ3n) is 4.02. The molecule has 1 N–H and O–H groups in total. The van der Waals surface area contributed by atoms with E-state index in [0.717, 1.165) is 19.5 Å².